The number of fused-ring (bicyclic) bond motifs is 3. The Kier molecular flexibility index (Phi) is 4.57. The normalized spacial score (nSPS) is 17.0. The molecule has 0 saturated carbocycles. The molecule has 33 heavy (non-hydrogen) atoms. The van der Waals surface area contributed by atoms with E-state index in [1.165, 1.54) is 21.6 Å². The number of piperidine rings is 1. The summed E-state index contributed by atoms with van der Waals surface area (Å²) >= 11 is 0. The maximum atomic E-state index is 11.5. The zero-order chi connectivity index (χ0) is 22.4. The lowest BCUT2D eigenvalue weighted by Crippen LogP contribution is -2.46. The number of para-hydroxylation sites is 1. The van der Waals surface area contributed by atoms with Crippen molar-refractivity contribution in [2.24, 2.45) is 0 Å². The summed E-state index contributed by atoms with van der Waals surface area (Å²) in [4.78, 5) is 27.9. The van der Waals surface area contributed by atoms with Crippen molar-refractivity contribution in [3.63, 3.8) is 0 Å². The molecule has 2 aliphatic rings. The number of amides is 1. The molecule has 1 amide bonds. The predicted octanol–water partition coefficient (Wildman–Crippen LogP) is 4.71. The van der Waals surface area contributed by atoms with E-state index in [4.69, 9.17) is 4.98 Å². The highest BCUT2D eigenvalue weighted by molar-refractivity contribution is 5.94. The predicted molar refractivity (Wildman–Crippen MR) is 127 cm³/mol. The molecule has 7 nitrogen and oxygen atoms in total. The van der Waals surface area contributed by atoms with Crippen LogP contribution in [0.2, 0.25) is 0 Å². The lowest BCUT2D eigenvalue weighted by Gasteiger charge is -2.38. The van der Waals surface area contributed by atoms with Gasteiger partial charge in [-0.3, -0.25) is 0 Å². The number of H-pyrrole nitrogens is 1. The second kappa shape index (κ2) is 7.62. The van der Waals surface area contributed by atoms with Crippen LogP contribution in [0.5, 0.6) is 0 Å². The fourth-order valence-electron chi connectivity index (χ4n) is 5.54. The van der Waals surface area contributed by atoms with Gasteiger partial charge in [0.2, 0.25) is 0 Å². The molecule has 2 aliphatic heterocycles. The third-order valence-corrected chi connectivity index (χ3v) is 7.24. The maximum absolute atomic E-state index is 11.5. The van der Waals surface area contributed by atoms with Gasteiger partial charge in [-0.25, -0.2) is 14.8 Å². The minimum absolute atomic E-state index is 0.0737. The second-order valence-corrected chi connectivity index (χ2v) is 9.05. The van der Waals surface area contributed by atoms with Crippen molar-refractivity contribution in [3.05, 3.63) is 83.8 Å². The summed E-state index contributed by atoms with van der Waals surface area (Å²) in [6.45, 7) is 1.90. The van der Waals surface area contributed by atoms with Crippen LogP contribution in [-0.4, -0.2) is 50.7 Å². The fraction of sp³-hybridized carbons (Fsp3) is 0.269. The number of aromatic amines is 1. The molecule has 4 aromatic rings. The Morgan fingerprint density at radius 2 is 1.79 bits per heavy atom. The molecule has 6 rings (SSSR count). The first kappa shape index (κ1) is 19.8. The molecule has 7 heteroatoms. The molecular weight excluding hydrogens is 414 g/mol. The number of likely N-dealkylation sites (tertiary alicyclic amines) is 1. The minimum atomic E-state index is -0.830. The van der Waals surface area contributed by atoms with E-state index in [1.54, 1.807) is 6.33 Å². The highest BCUT2D eigenvalue weighted by atomic mass is 16.4. The number of rotatable bonds is 3. The van der Waals surface area contributed by atoms with Crippen molar-refractivity contribution in [3.8, 4) is 0 Å². The summed E-state index contributed by atoms with van der Waals surface area (Å²) in [7, 11) is 0. The Morgan fingerprint density at radius 3 is 2.58 bits per heavy atom. The highest BCUT2D eigenvalue weighted by Gasteiger charge is 2.46. The highest BCUT2D eigenvalue weighted by Crippen LogP contribution is 2.50. The van der Waals surface area contributed by atoms with Crippen molar-refractivity contribution < 1.29 is 9.90 Å². The zero-order valence-electron chi connectivity index (χ0n) is 18.2. The number of anilines is 2. The van der Waals surface area contributed by atoms with Crippen LogP contribution in [0.15, 0.2) is 67.1 Å². The maximum Gasteiger partial charge on any atom is 0.407 e. The molecule has 1 fully saturated rings. The third kappa shape index (κ3) is 3.23. The molecule has 2 aromatic heterocycles. The van der Waals surface area contributed by atoms with Gasteiger partial charge < -0.3 is 19.9 Å². The van der Waals surface area contributed by atoms with E-state index >= 15 is 0 Å². The van der Waals surface area contributed by atoms with Gasteiger partial charge in [0.25, 0.3) is 0 Å². The van der Waals surface area contributed by atoms with Crippen LogP contribution in [0.4, 0.5) is 16.3 Å². The number of carbonyl (C=O) groups is 1. The van der Waals surface area contributed by atoms with Gasteiger partial charge in [0.05, 0.1) is 5.39 Å². The molecule has 0 unspecified atom stereocenters. The SMILES string of the molecule is O=C(O)N1CCC2(CC1)CN(c1ncnc3[nH]cc(Cc4ccccc4)c13)c1ccccc12. The van der Waals surface area contributed by atoms with E-state index in [-0.39, 0.29) is 5.41 Å². The Bertz CT molecular complexity index is 1330. The topological polar surface area (TPSA) is 85.3 Å². The molecule has 2 N–H and O–H groups in total. The number of carboxylic acid groups (broad SMARTS) is 1. The zero-order valence-corrected chi connectivity index (χ0v) is 18.2. The number of hydrogen-bond donors (Lipinski definition) is 2. The van der Waals surface area contributed by atoms with E-state index in [0.717, 1.165) is 48.3 Å². The number of aromatic nitrogens is 3. The van der Waals surface area contributed by atoms with E-state index < -0.39 is 6.09 Å². The Hall–Kier alpha value is -3.87. The van der Waals surface area contributed by atoms with Gasteiger partial charge in [0.1, 0.15) is 17.8 Å². The molecule has 2 aromatic carbocycles. The van der Waals surface area contributed by atoms with Gasteiger partial charge in [-0.1, -0.05) is 48.5 Å². The van der Waals surface area contributed by atoms with Crippen molar-refractivity contribution >= 4 is 28.6 Å². The van der Waals surface area contributed by atoms with Gasteiger partial charge in [-0.05, 0) is 42.0 Å². The van der Waals surface area contributed by atoms with Crippen molar-refractivity contribution in [2.45, 2.75) is 24.7 Å². The second-order valence-electron chi connectivity index (χ2n) is 9.05. The summed E-state index contributed by atoms with van der Waals surface area (Å²) < 4.78 is 0. The largest absolute Gasteiger partial charge is 0.465 e. The minimum Gasteiger partial charge on any atom is -0.465 e. The van der Waals surface area contributed by atoms with E-state index in [2.05, 4.69) is 63.4 Å². The Balaban J connectivity index is 1.42. The van der Waals surface area contributed by atoms with Gasteiger partial charge in [0.15, 0.2) is 0 Å². The lowest BCUT2D eigenvalue weighted by atomic mass is 9.74. The molecule has 4 heterocycles. The van der Waals surface area contributed by atoms with Crippen LogP contribution >= 0.6 is 0 Å². The molecule has 0 atom stereocenters. The lowest BCUT2D eigenvalue weighted by molar-refractivity contribution is 0.119. The van der Waals surface area contributed by atoms with Crippen LogP contribution in [-0.2, 0) is 11.8 Å². The van der Waals surface area contributed by atoms with Gasteiger partial charge in [0, 0.05) is 36.9 Å². The molecule has 166 valence electrons. The van der Waals surface area contributed by atoms with E-state index in [9.17, 15) is 9.90 Å². The number of nitrogens with zero attached hydrogens (tertiary/aromatic N) is 4. The average molecular weight is 440 g/mol. The number of nitrogens with one attached hydrogen (secondary N) is 1. The quantitative estimate of drug-likeness (QED) is 0.483. The van der Waals surface area contributed by atoms with Crippen molar-refractivity contribution in [1.82, 2.24) is 19.9 Å². The third-order valence-electron chi connectivity index (χ3n) is 7.24. The van der Waals surface area contributed by atoms with Crippen LogP contribution in [0.25, 0.3) is 11.0 Å². The summed E-state index contributed by atoms with van der Waals surface area (Å²) in [5, 5.41) is 10.5. The standard InChI is InChI=1S/C26H25N5O2/c32-25(33)30-12-10-26(11-13-30)16-31(21-9-5-4-8-20(21)26)24-22-19(14-18-6-2-1-3-7-18)15-27-23(22)28-17-29-24/h1-9,15,17H,10-14,16H2,(H,32,33)(H,27,28,29). The first-order valence-corrected chi connectivity index (χ1v) is 11.3. The molecular formula is C26H25N5O2. The summed E-state index contributed by atoms with van der Waals surface area (Å²) in [6.07, 6.45) is 5.26. The van der Waals surface area contributed by atoms with Gasteiger partial charge in [-0.15, -0.1) is 0 Å². The van der Waals surface area contributed by atoms with Crippen molar-refractivity contribution in [2.75, 3.05) is 24.5 Å². The van der Waals surface area contributed by atoms with Crippen LogP contribution in [0, 0.1) is 0 Å². The Morgan fingerprint density at radius 1 is 1.03 bits per heavy atom. The van der Waals surface area contributed by atoms with Gasteiger partial charge in [-0.2, -0.15) is 0 Å². The monoisotopic (exact) mass is 439 g/mol. The summed E-state index contributed by atoms with van der Waals surface area (Å²) in [5.74, 6) is 0.914. The molecule has 0 aliphatic carbocycles. The Labute approximate surface area is 191 Å². The molecule has 0 radical (unpaired) electrons. The first-order chi connectivity index (χ1) is 16.1. The van der Waals surface area contributed by atoms with Gasteiger partial charge >= 0.3 is 6.09 Å². The van der Waals surface area contributed by atoms with Crippen LogP contribution < -0.4 is 4.90 Å². The summed E-state index contributed by atoms with van der Waals surface area (Å²) in [6, 6.07) is 18.9. The van der Waals surface area contributed by atoms with E-state index in [1.807, 2.05) is 12.3 Å². The number of hydrogen-bond acceptors (Lipinski definition) is 4. The molecule has 1 saturated heterocycles. The van der Waals surface area contributed by atoms with E-state index in [0.29, 0.717) is 13.1 Å². The van der Waals surface area contributed by atoms with Crippen LogP contribution in [0.3, 0.4) is 0 Å². The fourth-order valence-corrected chi connectivity index (χ4v) is 5.54. The number of benzene rings is 2. The molecule has 0 bridgehead atoms. The average Bonchev–Trinajstić information content (AvgIpc) is 3.40. The van der Waals surface area contributed by atoms with Crippen molar-refractivity contribution in [1.29, 1.82) is 0 Å². The smallest absolute Gasteiger partial charge is 0.407 e. The van der Waals surface area contributed by atoms with Crippen LogP contribution in [0.1, 0.15) is 29.5 Å². The molecule has 1 spiro atoms. The first-order valence-electron chi connectivity index (χ1n) is 11.3. The summed E-state index contributed by atoms with van der Waals surface area (Å²) in [5.41, 5.74) is 5.63.